The Labute approximate surface area is 51.6 Å². The lowest BCUT2D eigenvalue weighted by Crippen LogP contribution is -2.41. The summed E-state index contributed by atoms with van der Waals surface area (Å²) in [5.74, 6) is 2.94. The Balaban J connectivity index is 2.23. The number of nitrogens with one attached hydrogen (secondary N) is 1. The molecular weight excluding hydrogens is 154 g/mol. The van der Waals surface area contributed by atoms with Gasteiger partial charge in [-0.2, -0.15) is 0 Å². The monoisotopic (exact) mass is 159 g/mol. The van der Waals surface area contributed by atoms with Crippen molar-refractivity contribution < 1.29 is 0 Å². The summed E-state index contributed by atoms with van der Waals surface area (Å²) in [6, 6.07) is 0.472. The molecule has 7 heavy (non-hydrogen) atoms. The van der Waals surface area contributed by atoms with E-state index in [1.165, 1.54) is 6.42 Å². The minimum atomic E-state index is 0.472. The third-order valence-electron chi connectivity index (χ3n) is 1.05. The van der Waals surface area contributed by atoms with Crippen molar-refractivity contribution in [1.82, 2.24) is 5.32 Å². The molecule has 1 aliphatic rings. The highest BCUT2D eigenvalue weighted by Gasteiger charge is 2.11. The van der Waals surface area contributed by atoms with Gasteiger partial charge in [-0.1, -0.05) is 5.92 Å². The molecule has 0 radical (unpaired) electrons. The average molecular weight is 160 g/mol. The zero-order chi connectivity index (χ0) is 5.11. The smallest absolute Gasteiger partial charge is 0.0710 e. The summed E-state index contributed by atoms with van der Waals surface area (Å²) in [6.45, 7) is 1.13. The summed E-state index contributed by atoms with van der Waals surface area (Å²) >= 11 is 3.02. The van der Waals surface area contributed by atoms with E-state index >= 15 is 0 Å². The second kappa shape index (κ2) is 2.34. The molecule has 1 saturated heterocycles. The Morgan fingerprint density at radius 3 is 2.57 bits per heavy atom. The van der Waals surface area contributed by atoms with Gasteiger partial charge in [0.2, 0.25) is 0 Å². The molecule has 38 valence electrons. The van der Waals surface area contributed by atoms with Gasteiger partial charge in [0.25, 0.3) is 0 Å². The molecule has 1 atom stereocenters. The molecule has 0 bridgehead atoms. The Kier molecular flexibility index (Phi) is 1.72. The molecule has 1 unspecified atom stereocenters. The lowest BCUT2D eigenvalue weighted by Gasteiger charge is -2.21. The van der Waals surface area contributed by atoms with Gasteiger partial charge in [0.05, 0.1) is 6.04 Å². The molecule has 1 N–H and O–H groups in total. The molecule has 0 aromatic heterocycles. The van der Waals surface area contributed by atoms with E-state index in [2.05, 4.69) is 32.0 Å². The molecule has 1 heterocycles. The lowest BCUT2D eigenvalue weighted by molar-refractivity contribution is 0.449. The second-order valence-electron chi connectivity index (χ2n) is 1.53. The van der Waals surface area contributed by atoms with Crippen molar-refractivity contribution in [2.24, 2.45) is 0 Å². The van der Waals surface area contributed by atoms with Gasteiger partial charge in [-0.3, -0.25) is 0 Å². The molecule has 0 saturated carbocycles. The van der Waals surface area contributed by atoms with Crippen molar-refractivity contribution in [2.45, 2.75) is 12.5 Å². The molecule has 0 aliphatic carbocycles. The summed E-state index contributed by atoms with van der Waals surface area (Å²) in [5.41, 5.74) is 0. The molecule has 1 nitrogen and oxygen atoms in total. The summed E-state index contributed by atoms with van der Waals surface area (Å²) in [5, 5.41) is 3.14. The van der Waals surface area contributed by atoms with Gasteiger partial charge in [-0.05, 0) is 17.8 Å². The molecule has 2 heteroatoms. The van der Waals surface area contributed by atoms with Crippen LogP contribution < -0.4 is 5.32 Å². The predicted octanol–water partition coefficient (Wildman–Crippen LogP) is 0.704. The fraction of sp³-hybridized carbons (Fsp3) is 0.600. The standard InChI is InChI=1S/C5H6BrN/c6-3-1-5-2-4-7-5/h5,7H,2,4H2. The van der Waals surface area contributed by atoms with Gasteiger partial charge >= 0.3 is 0 Å². The van der Waals surface area contributed by atoms with Crippen LogP contribution >= 0.6 is 15.9 Å². The van der Waals surface area contributed by atoms with Crippen molar-refractivity contribution in [2.75, 3.05) is 6.54 Å². The fourth-order valence-corrected chi connectivity index (χ4v) is 0.754. The number of hydrogen-bond acceptors (Lipinski definition) is 1. The van der Waals surface area contributed by atoms with Crippen LogP contribution in [0.5, 0.6) is 0 Å². The molecule has 1 fully saturated rings. The zero-order valence-electron chi connectivity index (χ0n) is 3.87. The highest BCUT2D eigenvalue weighted by molar-refractivity contribution is 9.12. The van der Waals surface area contributed by atoms with Crippen LogP contribution in [0.15, 0.2) is 0 Å². The molecule has 1 rings (SSSR count). The Bertz CT molecular complexity index is 107. The van der Waals surface area contributed by atoms with Crippen molar-refractivity contribution in [3.05, 3.63) is 0 Å². The van der Waals surface area contributed by atoms with Crippen LogP contribution in [0.1, 0.15) is 6.42 Å². The highest BCUT2D eigenvalue weighted by Crippen LogP contribution is 1.98. The van der Waals surface area contributed by atoms with E-state index in [0.29, 0.717) is 6.04 Å². The van der Waals surface area contributed by atoms with Crippen LogP contribution in [-0.2, 0) is 0 Å². The topological polar surface area (TPSA) is 12.0 Å². The molecule has 0 aromatic carbocycles. The Morgan fingerprint density at radius 1 is 1.71 bits per heavy atom. The largest absolute Gasteiger partial charge is 0.304 e. The van der Waals surface area contributed by atoms with Crippen LogP contribution in [0.25, 0.3) is 0 Å². The fourth-order valence-electron chi connectivity index (χ4n) is 0.478. The summed E-state index contributed by atoms with van der Waals surface area (Å²) < 4.78 is 0. The van der Waals surface area contributed by atoms with E-state index in [1.807, 2.05) is 0 Å². The zero-order valence-corrected chi connectivity index (χ0v) is 5.46. The maximum absolute atomic E-state index is 3.14. The van der Waals surface area contributed by atoms with Gasteiger partial charge in [-0.25, -0.2) is 0 Å². The van der Waals surface area contributed by atoms with E-state index in [-0.39, 0.29) is 0 Å². The minimum Gasteiger partial charge on any atom is -0.304 e. The van der Waals surface area contributed by atoms with Crippen molar-refractivity contribution in [3.63, 3.8) is 0 Å². The van der Waals surface area contributed by atoms with Crippen molar-refractivity contribution >= 4 is 15.9 Å². The quantitative estimate of drug-likeness (QED) is 0.514. The third-order valence-corrected chi connectivity index (χ3v) is 1.28. The Morgan fingerprint density at radius 2 is 2.43 bits per heavy atom. The summed E-state index contributed by atoms with van der Waals surface area (Å²) in [7, 11) is 0. The molecule has 1 aliphatic heterocycles. The highest BCUT2D eigenvalue weighted by atomic mass is 79.9. The van der Waals surface area contributed by atoms with Gasteiger partial charge in [0, 0.05) is 15.9 Å². The Hall–Kier alpha value is 0.00000000000000000694. The van der Waals surface area contributed by atoms with Gasteiger partial charge in [0.15, 0.2) is 0 Å². The van der Waals surface area contributed by atoms with Gasteiger partial charge in [-0.15, -0.1) is 0 Å². The summed E-state index contributed by atoms with van der Waals surface area (Å²) in [6.07, 6.45) is 1.21. The second-order valence-corrected chi connectivity index (χ2v) is 1.93. The van der Waals surface area contributed by atoms with E-state index < -0.39 is 0 Å². The first-order valence-electron chi connectivity index (χ1n) is 2.28. The maximum atomic E-state index is 3.14. The summed E-state index contributed by atoms with van der Waals surface area (Å²) in [4.78, 5) is 2.67. The number of hydrogen-bond donors (Lipinski definition) is 1. The van der Waals surface area contributed by atoms with E-state index in [1.54, 1.807) is 0 Å². The first-order valence-corrected chi connectivity index (χ1v) is 3.07. The van der Waals surface area contributed by atoms with Crippen molar-refractivity contribution in [1.29, 1.82) is 0 Å². The average Bonchev–Trinajstić information content (AvgIpc) is 1.55. The lowest BCUT2D eigenvalue weighted by atomic mass is 10.1. The maximum Gasteiger partial charge on any atom is 0.0710 e. The van der Waals surface area contributed by atoms with Crippen molar-refractivity contribution in [3.8, 4) is 10.8 Å². The normalized spacial score (nSPS) is 27.3. The van der Waals surface area contributed by atoms with Crippen LogP contribution in [0.3, 0.4) is 0 Å². The van der Waals surface area contributed by atoms with E-state index in [0.717, 1.165) is 6.54 Å². The minimum absolute atomic E-state index is 0.472. The van der Waals surface area contributed by atoms with Crippen LogP contribution in [0, 0.1) is 10.8 Å². The third kappa shape index (κ3) is 1.19. The van der Waals surface area contributed by atoms with Gasteiger partial charge < -0.3 is 5.32 Å². The first kappa shape index (κ1) is 5.14. The van der Waals surface area contributed by atoms with Crippen LogP contribution in [-0.4, -0.2) is 12.6 Å². The molecule has 0 amide bonds. The van der Waals surface area contributed by atoms with Gasteiger partial charge in [0.1, 0.15) is 0 Å². The first-order chi connectivity index (χ1) is 3.43. The molecular formula is C5H6BrN. The van der Waals surface area contributed by atoms with Crippen LogP contribution in [0.4, 0.5) is 0 Å². The number of rotatable bonds is 0. The molecule has 0 aromatic rings. The molecule has 0 spiro atoms. The predicted molar refractivity (Wildman–Crippen MR) is 33.1 cm³/mol. The van der Waals surface area contributed by atoms with E-state index in [4.69, 9.17) is 0 Å². The van der Waals surface area contributed by atoms with Crippen LogP contribution in [0.2, 0.25) is 0 Å². The van der Waals surface area contributed by atoms with E-state index in [9.17, 15) is 0 Å². The number of halogens is 1. The SMILES string of the molecule is BrC#CC1CCN1.